The van der Waals surface area contributed by atoms with Crippen LogP contribution in [0.25, 0.3) is 0 Å². The summed E-state index contributed by atoms with van der Waals surface area (Å²) in [4.78, 5) is 19.1. The molecule has 0 aliphatic heterocycles. The minimum Gasteiger partial charge on any atom is -0.541 e. The van der Waals surface area contributed by atoms with Crippen molar-refractivity contribution in [3.05, 3.63) is 0 Å². The summed E-state index contributed by atoms with van der Waals surface area (Å²) in [6.45, 7) is 1.35. The number of rotatable bonds is 2. The molecule has 0 heterocycles. The smallest absolute Gasteiger partial charge is 0.103 e. The summed E-state index contributed by atoms with van der Waals surface area (Å²) >= 11 is 0. The maximum absolute atomic E-state index is 9.78. The van der Waals surface area contributed by atoms with Crippen LogP contribution in [0.15, 0.2) is 0 Å². The first-order chi connectivity index (χ1) is 2.77. The van der Waals surface area contributed by atoms with Crippen LogP contribution in [0, 0.1) is 0 Å². The molecule has 0 aromatic carbocycles. The molecule has 7 heavy (non-hydrogen) atoms. The normalized spacial score (nSPS) is 6.43. The molecule has 0 N–H and O–H groups in total. The molecule has 0 bridgehead atoms. The quantitative estimate of drug-likeness (QED) is 0.529. The third kappa shape index (κ3) is 10.7. The Balaban J connectivity index is 0. The Morgan fingerprint density at radius 3 is 2.14 bits per heavy atom. The molecular weight excluding hydrogens is 272 g/mol. The molecule has 0 spiro atoms. The standard InChI is InChI=1S/C4H5O2.Ir/c1-4(6)2-3-5;/h2H2,1H3;/q-1;. The number of carbonyl (C=O) groups is 1. The molecule has 0 aliphatic rings. The molecule has 0 aromatic rings. The van der Waals surface area contributed by atoms with Gasteiger partial charge in [-0.05, 0) is 6.92 Å². The second kappa shape index (κ2) is 5.99. The SMILES string of the molecule is CC(=O)C[C-]=O.[Ir]. The number of ketones is 1. The van der Waals surface area contributed by atoms with E-state index >= 15 is 0 Å². The average Bonchev–Trinajstić information content (AvgIpc) is 1.35. The molecular formula is C4H5IrO2-. The molecule has 0 rings (SSSR count). The van der Waals surface area contributed by atoms with Gasteiger partial charge in [0.05, 0.1) is 0 Å². The van der Waals surface area contributed by atoms with E-state index in [1.54, 1.807) is 0 Å². The Morgan fingerprint density at radius 1 is 1.71 bits per heavy atom. The molecule has 0 aliphatic carbocycles. The first-order valence-corrected chi connectivity index (χ1v) is 1.62. The van der Waals surface area contributed by atoms with E-state index in [2.05, 4.69) is 0 Å². The van der Waals surface area contributed by atoms with Gasteiger partial charge in [-0.2, -0.15) is 0 Å². The summed E-state index contributed by atoms with van der Waals surface area (Å²) in [6, 6.07) is 0. The fraction of sp³-hybridized carbons (Fsp3) is 0.500. The predicted molar refractivity (Wildman–Crippen MR) is 21.0 cm³/mol. The zero-order valence-electron chi connectivity index (χ0n) is 3.86. The van der Waals surface area contributed by atoms with Gasteiger partial charge in [-0.15, -0.1) is 0 Å². The van der Waals surface area contributed by atoms with Crippen molar-refractivity contribution >= 4 is 12.1 Å². The summed E-state index contributed by atoms with van der Waals surface area (Å²) in [6.07, 6.45) is 1.40. The van der Waals surface area contributed by atoms with Crippen LogP contribution in [0.2, 0.25) is 0 Å². The van der Waals surface area contributed by atoms with Crippen LogP contribution in [-0.2, 0) is 29.7 Å². The maximum atomic E-state index is 9.78. The van der Waals surface area contributed by atoms with E-state index < -0.39 is 0 Å². The van der Waals surface area contributed by atoms with Gasteiger partial charge in [0.1, 0.15) is 5.78 Å². The average molecular weight is 277 g/mol. The first-order valence-electron chi connectivity index (χ1n) is 1.62. The van der Waals surface area contributed by atoms with Gasteiger partial charge < -0.3 is 9.59 Å². The summed E-state index contributed by atoms with van der Waals surface area (Å²) in [7, 11) is 0. The van der Waals surface area contributed by atoms with Crippen LogP contribution in [0.1, 0.15) is 13.3 Å². The monoisotopic (exact) mass is 278 g/mol. The second-order valence-corrected chi connectivity index (χ2v) is 1.02. The van der Waals surface area contributed by atoms with Crippen molar-refractivity contribution in [1.82, 2.24) is 0 Å². The number of hydrogen-bond donors (Lipinski definition) is 0. The minimum atomic E-state index is -0.134. The Bertz CT molecular complexity index is 70.1. The van der Waals surface area contributed by atoms with Gasteiger partial charge in [-0.1, -0.05) is 6.42 Å². The van der Waals surface area contributed by atoms with E-state index in [0.29, 0.717) is 0 Å². The Kier molecular flexibility index (Phi) is 8.62. The van der Waals surface area contributed by atoms with Gasteiger partial charge in [0.25, 0.3) is 0 Å². The van der Waals surface area contributed by atoms with Crippen molar-refractivity contribution in [2.24, 2.45) is 0 Å². The van der Waals surface area contributed by atoms with E-state index in [9.17, 15) is 9.59 Å². The largest absolute Gasteiger partial charge is 0.541 e. The molecule has 0 unspecified atom stereocenters. The van der Waals surface area contributed by atoms with E-state index in [-0.39, 0.29) is 32.3 Å². The Hall–Kier alpha value is -0.0106. The molecule has 43 valence electrons. The fourth-order valence-electron chi connectivity index (χ4n) is 0.102. The van der Waals surface area contributed by atoms with Crippen molar-refractivity contribution in [3.63, 3.8) is 0 Å². The van der Waals surface area contributed by atoms with Gasteiger partial charge in [0, 0.05) is 20.1 Å². The van der Waals surface area contributed by atoms with E-state index in [1.165, 1.54) is 13.2 Å². The van der Waals surface area contributed by atoms with E-state index in [4.69, 9.17) is 0 Å². The van der Waals surface area contributed by atoms with Crippen LogP contribution in [0.3, 0.4) is 0 Å². The van der Waals surface area contributed by atoms with Crippen molar-refractivity contribution in [1.29, 1.82) is 0 Å². The number of Topliss-reactive ketones (excluding diaryl/α,β-unsaturated/α-hetero) is 1. The van der Waals surface area contributed by atoms with Gasteiger partial charge in [0.15, 0.2) is 0 Å². The van der Waals surface area contributed by atoms with Crippen LogP contribution < -0.4 is 0 Å². The predicted octanol–water partition coefficient (Wildman–Crippen LogP) is 0.0727. The molecule has 0 atom stereocenters. The van der Waals surface area contributed by atoms with Crippen LogP contribution >= 0.6 is 0 Å². The van der Waals surface area contributed by atoms with Crippen molar-refractivity contribution < 1.29 is 29.7 Å². The van der Waals surface area contributed by atoms with Gasteiger partial charge in [-0.3, -0.25) is 6.29 Å². The maximum Gasteiger partial charge on any atom is 0.103 e. The molecule has 0 fully saturated rings. The zero-order valence-corrected chi connectivity index (χ0v) is 6.25. The molecule has 0 saturated heterocycles. The third-order valence-corrected chi connectivity index (χ3v) is 0.321. The second-order valence-electron chi connectivity index (χ2n) is 1.02. The van der Waals surface area contributed by atoms with Crippen molar-refractivity contribution in [2.75, 3.05) is 0 Å². The molecule has 0 amide bonds. The molecule has 1 radical (unpaired) electrons. The third-order valence-electron chi connectivity index (χ3n) is 0.321. The van der Waals surface area contributed by atoms with Crippen molar-refractivity contribution in [3.8, 4) is 0 Å². The van der Waals surface area contributed by atoms with Crippen LogP contribution in [-0.4, -0.2) is 12.1 Å². The molecule has 3 heteroatoms. The van der Waals surface area contributed by atoms with E-state index in [0.717, 1.165) is 0 Å². The molecule has 0 saturated carbocycles. The number of hydrogen-bond acceptors (Lipinski definition) is 2. The van der Waals surface area contributed by atoms with Gasteiger partial charge in [-0.25, -0.2) is 0 Å². The topological polar surface area (TPSA) is 34.1 Å². The van der Waals surface area contributed by atoms with Crippen molar-refractivity contribution in [2.45, 2.75) is 13.3 Å². The van der Waals surface area contributed by atoms with Crippen LogP contribution in [0.4, 0.5) is 0 Å². The molecule has 0 aromatic heterocycles. The minimum absolute atomic E-state index is 0. The van der Waals surface area contributed by atoms with Crippen LogP contribution in [0.5, 0.6) is 0 Å². The number of carbonyl (C=O) groups excluding carboxylic acids is 2. The first kappa shape index (κ1) is 10.1. The fourth-order valence-corrected chi connectivity index (χ4v) is 0.102. The Morgan fingerprint density at radius 2 is 2.14 bits per heavy atom. The van der Waals surface area contributed by atoms with Gasteiger partial charge in [0.2, 0.25) is 0 Å². The Labute approximate surface area is 55.6 Å². The summed E-state index contributed by atoms with van der Waals surface area (Å²) in [5.41, 5.74) is 0. The van der Waals surface area contributed by atoms with Gasteiger partial charge >= 0.3 is 0 Å². The summed E-state index contributed by atoms with van der Waals surface area (Å²) in [5, 5.41) is 0. The van der Waals surface area contributed by atoms with E-state index in [1.807, 2.05) is 0 Å². The molecule has 2 nitrogen and oxygen atoms in total. The summed E-state index contributed by atoms with van der Waals surface area (Å²) in [5.74, 6) is -0.134. The zero-order chi connectivity index (χ0) is 4.99. The summed E-state index contributed by atoms with van der Waals surface area (Å²) < 4.78 is 0.